The normalized spacial score (nSPS) is 11.3. The van der Waals surface area contributed by atoms with Crippen LogP contribution in [0.25, 0.3) is 101 Å². The highest BCUT2D eigenvalue weighted by Crippen LogP contribution is 2.36. The largest absolute Gasteiger partial charge is 0.455 e. The Bertz CT molecular complexity index is 2810. The van der Waals surface area contributed by atoms with Gasteiger partial charge >= 0.3 is 0 Å². The molecule has 2 heterocycles. The first-order chi connectivity index (χ1) is 27.2. The Hall–Kier alpha value is -7.43. The van der Waals surface area contributed by atoms with Crippen LogP contribution in [0.2, 0.25) is 0 Å². The zero-order valence-corrected chi connectivity index (χ0v) is 29.8. The SMILES string of the molecule is c1ccc(-c2cccc(-c3ccc(-c4nc(-c5ccc(-c6cccc(-c7ccccc7)c6)cc5)nc(-c5cccc6c5oc5ccccc56)n4)cc3)c2)cc1. The average Bonchev–Trinajstić information content (AvgIpc) is 3.66. The number of rotatable bonds is 7. The highest BCUT2D eigenvalue weighted by atomic mass is 16.3. The quantitative estimate of drug-likeness (QED) is 0.166. The van der Waals surface area contributed by atoms with Gasteiger partial charge in [-0.15, -0.1) is 0 Å². The van der Waals surface area contributed by atoms with Gasteiger partial charge in [-0.1, -0.05) is 176 Å². The molecule has 0 radical (unpaired) electrons. The van der Waals surface area contributed by atoms with Gasteiger partial charge in [0.2, 0.25) is 0 Å². The van der Waals surface area contributed by atoms with Crippen molar-refractivity contribution in [2.24, 2.45) is 0 Å². The molecule has 0 aliphatic carbocycles. The van der Waals surface area contributed by atoms with Crippen molar-refractivity contribution in [3.8, 4) is 78.7 Å². The smallest absolute Gasteiger partial charge is 0.167 e. The van der Waals surface area contributed by atoms with Crippen LogP contribution in [0.15, 0.2) is 205 Å². The second kappa shape index (κ2) is 13.8. The first-order valence-electron chi connectivity index (χ1n) is 18.4. The average molecular weight is 704 g/mol. The van der Waals surface area contributed by atoms with Crippen LogP contribution in [0.4, 0.5) is 0 Å². The highest BCUT2D eigenvalue weighted by molar-refractivity contribution is 6.09. The maximum atomic E-state index is 6.44. The molecule has 0 saturated heterocycles. The molecule has 0 spiro atoms. The van der Waals surface area contributed by atoms with Crippen LogP contribution in [-0.2, 0) is 0 Å². The highest BCUT2D eigenvalue weighted by Gasteiger charge is 2.18. The molecule has 0 N–H and O–H groups in total. The van der Waals surface area contributed by atoms with Crippen LogP contribution in [-0.4, -0.2) is 15.0 Å². The lowest BCUT2D eigenvalue weighted by atomic mass is 9.98. The Balaban J connectivity index is 1.05. The summed E-state index contributed by atoms with van der Waals surface area (Å²) >= 11 is 0. The third-order valence-corrected chi connectivity index (χ3v) is 10.2. The summed E-state index contributed by atoms with van der Waals surface area (Å²) in [5.74, 6) is 1.75. The Kier molecular flexibility index (Phi) is 8.12. The second-order valence-corrected chi connectivity index (χ2v) is 13.6. The van der Waals surface area contributed by atoms with Crippen LogP contribution in [0.3, 0.4) is 0 Å². The van der Waals surface area contributed by atoms with Gasteiger partial charge in [0.15, 0.2) is 17.5 Å². The van der Waals surface area contributed by atoms with E-state index in [2.05, 4.69) is 158 Å². The number of para-hydroxylation sites is 2. The standard InChI is InChI=1S/C51H33N3O/c1-3-12-34(13-4-1)40-16-9-18-42(32-40)36-24-28-38(29-25-36)49-52-50(54-51(53-49)46-22-11-21-45-44-20-7-8-23-47(44)55-48(45)46)39-30-26-37(27-31-39)43-19-10-17-41(33-43)35-14-5-2-6-15-35/h1-33H. The molecular weight excluding hydrogens is 671 g/mol. The van der Waals surface area contributed by atoms with Gasteiger partial charge in [-0.05, 0) is 68.8 Å². The van der Waals surface area contributed by atoms with E-state index in [0.717, 1.165) is 60.9 Å². The summed E-state index contributed by atoms with van der Waals surface area (Å²) in [5, 5.41) is 2.09. The van der Waals surface area contributed by atoms with Crippen molar-refractivity contribution >= 4 is 21.9 Å². The van der Waals surface area contributed by atoms with E-state index < -0.39 is 0 Å². The summed E-state index contributed by atoms with van der Waals surface area (Å²) in [5.41, 5.74) is 13.5. The topological polar surface area (TPSA) is 51.8 Å². The molecule has 0 bridgehead atoms. The number of furan rings is 1. The fourth-order valence-corrected chi connectivity index (χ4v) is 7.32. The minimum absolute atomic E-state index is 0.559. The lowest BCUT2D eigenvalue weighted by molar-refractivity contribution is 0.669. The van der Waals surface area contributed by atoms with E-state index >= 15 is 0 Å². The van der Waals surface area contributed by atoms with Gasteiger partial charge in [0, 0.05) is 21.9 Å². The Morgan fingerprint density at radius 2 is 0.655 bits per heavy atom. The summed E-state index contributed by atoms with van der Waals surface area (Å²) in [6, 6.07) is 69.4. The van der Waals surface area contributed by atoms with E-state index in [1.165, 1.54) is 22.3 Å². The molecule has 4 heteroatoms. The van der Waals surface area contributed by atoms with Crippen molar-refractivity contribution in [2.75, 3.05) is 0 Å². The molecule has 0 unspecified atom stereocenters. The van der Waals surface area contributed by atoms with Crippen LogP contribution in [0.1, 0.15) is 0 Å². The molecule has 10 rings (SSSR count). The lowest BCUT2D eigenvalue weighted by Crippen LogP contribution is -2.00. The Labute approximate surface area is 319 Å². The summed E-state index contributed by atoms with van der Waals surface area (Å²) in [6.45, 7) is 0. The van der Waals surface area contributed by atoms with E-state index in [4.69, 9.17) is 19.4 Å². The summed E-state index contributed by atoms with van der Waals surface area (Å²) in [6.07, 6.45) is 0. The summed E-state index contributed by atoms with van der Waals surface area (Å²) in [7, 11) is 0. The van der Waals surface area contributed by atoms with Gasteiger partial charge in [-0.3, -0.25) is 0 Å². The first-order valence-corrected chi connectivity index (χ1v) is 18.4. The molecule has 0 saturated carbocycles. The maximum absolute atomic E-state index is 6.44. The van der Waals surface area contributed by atoms with Gasteiger partial charge in [-0.25, -0.2) is 15.0 Å². The van der Waals surface area contributed by atoms with Gasteiger partial charge in [-0.2, -0.15) is 0 Å². The van der Waals surface area contributed by atoms with Gasteiger partial charge in [0.25, 0.3) is 0 Å². The van der Waals surface area contributed by atoms with Gasteiger partial charge in [0.1, 0.15) is 11.2 Å². The molecule has 8 aromatic carbocycles. The van der Waals surface area contributed by atoms with Crippen LogP contribution in [0.5, 0.6) is 0 Å². The molecule has 0 atom stereocenters. The second-order valence-electron chi connectivity index (χ2n) is 13.6. The maximum Gasteiger partial charge on any atom is 0.167 e. The Morgan fingerprint density at radius 3 is 1.18 bits per heavy atom. The minimum atomic E-state index is 0.559. The number of hydrogen-bond acceptors (Lipinski definition) is 4. The van der Waals surface area contributed by atoms with Crippen molar-refractivity contribution in [1.29, 1.82) is 0 Å². The van der Waals surface area contributed by atoms with Crippen molar-refractivity contribution in [2.45, 2.75) is 0 Å². The molecule has 0 amide bonds. The first kappa shape index (κ1) is 32.2. The third kappa shape index (κ3) is 6.26. The van der Waals surface area contributed by atoms with E-state index in [1.54, 1.807) is 0 Å². The zero-order chi connectivity index (χ0) is 36.6. The monoisotopic (exact) mass is 703 g/mol. The predicted molar refractivity (Wildman–Crippen MR) is 225 cm³/mol. The van der Waals surface area contributed by atoms with Crippen molar-refractivity contribution in [3.05, 3.63) is 200 Å². The number of fused-ring (bicyclic) bond motifs is 3. The van der Waals surface area contributed by atoms with E-state index in [0.29, 0.717) is 17.5 Å². The van der Waals surface area contributed by atoms with Gasteiger partial charge < -0.3 is 4.42 Å². The van der Waals surface area contributed by atoms with E-state index in [-0.39, 0.29) is 0 Å². The molecule has 55 heavy (non-hydrogen) atoms. The molecule has 2 aromatic heterocycles. The summed E-state index contributed by atoms with van der Waals surface area (Å²) < 4.78 is 6.44. The van der Waals surface area contributed by atoms with Gasteiger partial charge in [0.05, 0.1) is 5.56 Å². The fraction of sp³-hybridized carbons (Fsp3) is 0. The molecule has 4 nitrogen and oxygen atoms in total. The van der Waals surface area contributed by atoms with Crippen molar-refractivity contribution < 1.29 is 4.42 Å². The number of hydrogen-bond donors (Lipinski definition) is 0. The third-order valence-electron chi connectivity index (χ3n) is 10.2. The molecule has 0 aliphatic rings. The lowest BCUT2D eigenvalue weighted by Gasteiger charge is -2.11. The number of benzene rings is 8. The van der Waals surface area contributed by atoms with Crippen LogP contribution >= 0.6 is 0 Å². The number of nitrogens with zero attached hydrogens (tertiary/aromatic N) is 3. The molecule has 0 fully saturated rings. The molecule has 258 valence electrons. The summed E-state index contributed by atoms with van der Waals surface area (Å²) in [4.78, 5) is 15.3. The van der Waals surface area contributed by atoms with Crippen LogP contribution < -0.4 is 0 Å². The molecule has 10 aromatic rings. The number of aromatic nitrogens is 3. The Morgan fingerprint density at radius 1 is 0.273 bits per heavy atom. The van der Waals surface area contributed by atoms with E-state index in [1.807, 2.05) is 42.5 Å². The zero-order valence-electron chi connectivity index (χ0n) is 29.8. The van der Waals surface area contributed by atoms with Crippen LogP contribution in [0, 0.1) is 0 Å². The molecular formula is C51H33N3O. The van der Waals surface area contributed by atoms with E-state index in [9.17, 15) is 0 Å². The fourth-order valence-electron chi connectivity index (χ4n) is 7.32. The van der Waals surface area contributed by atoms with Crippen molar-refractivity contribution in [3.63, 3.8) is 0 Å². The minimum Gasteiger partial charge on any atom is -0.455 e. The predicted octanol–water partition coefficient (Wildman–Crippen LogP) is 13.4. The molecule has 0 aliphatic heterocycles. The van der Waals surface area contributed by atoms with Crippen molar-refractivity contribution in [1.82, 2.24) is 15.0 Å².